The summed E-state index contributed by atoms with van der Waals surface area (Å²) in [6.07, 6.45) is 2.59. The second-order valence-electron chi connectivity index (χ2n) is 6.35. The van der Waals surface area contributed by atoms with Crippen molar-refractivity contribution in [2.75, 3.05) is 52.5 Å². The Labute approximate surface area is 129 Å². The number of aliphatic imine (C=N–C) groups is 1. The summed E-state index contributed by atoms with van der Waals surface area (Å²) in [5.74, 6) is 1.72. The average Bonchev–Trinajstić information content (AvgIpc) is 3.01. The van der Waals surface area contributed by atoms with Crippen molar-refractivity contribution >= 4 is 5.96 Å². The van der Waals surface area contributed by atoms with Gasteiger partial charge in [0.25, 0.3) is 0 Å². The van der Waals surface area contributed by atoms with Gasteiger partial charge in [-0.05, 0) is 25.7 Å². The van der Waals surface area contributed by atoms with E-state index in [1.54, 1.807) is 0 Å². The maximum Gasteiger partial charge on any atom is 0.193 e. The van der Waals surface area contributed by atoms with E-state index in [2.05, 4.69) is 35.9 Å². The standard InChI is InChI=1S/C16H32N4O/c1-4-17-16(20-7-5-6-8-20)18-13-15(14(2)3)19-9-11-21-12-10-19/h14-15H,4-13H2,1-3H3,(H,17,18). The van der Waals surface area contributed by atoms with Gasteiger partial charge in [0.1, 0.15) is 0 Å². The predicted molar refractivity (Wildman–Crippen MR) is 87.8 cm³/mol. The quantitative estimate of drug-likeness (QED) is 0.615. The van der Waals surface area contributed by atoms with Crippen LogP contribution >= 0.6 is 0 Å². The molecule has 1 atom stereocenters. The fourth-order valence-corrected chi connectivity index (χ4v) is 3.19. The third kappa shape index (κ3) is 4.85. The molecule has 122 valence electrons. The molecule has 2 aliphatic heterocycles. The Bertz CT molecular complexity index is 320. The van der Waals surface area contributed by atoms with E-state index >= 15 is 0 Å². The lowest BCUT2D eigenvalue weighted by molar-refractivity contribution is 0.00863. The van der Waals surface area contributed by atoms with Crippen LogP contribution in [0, 0.1) is 5.92 Å². The van der Waals surface area contributed by atoms with Gasteiger partial charge in [-0.15, -0.1) is 0 Å². The largest absolute Gasteiger partial charge is 0.379 e. The third-order valence-electron chi connectivity index (χ3n) is 4.45. The number of hydrogen-bond donors (Lipinski definition) is 1. The van der Waals surface area contributed by atoms with Gasteiger partial charge in [-0.3, -0.25) is 9.89 Å². The van der Waals surface area contributed by atoms with Gasteiger partial charge in [-0.25, -0.2) is 0 Å². The summed E-state index contributed by atoms with van der Waals surface area (Å²) < 4.78 is 5.48. The first-order valence-electron chi connectivity index (χ1n) is 8.57. The van der Waals surface area contributed by atoms with Gasteiger partial charge in [-0.2, -0.15) is 0 Å². The monoisotopic (exact) mass is 296 g/mol. The summed E-state index contributed by atoms with van der Waals surface area (Å²) in [5, 5.41) is 3.45. The fraction of sp³-hybridized carbons (Fsp3) is 0.938. The molecule has 2 saturated heterocycles. The van der Waals surface area contributed by atoms with E-state index in [0.717, 1.165) is 58.4 Å². The Morgan fingerprint density at radius 2 is 1.81 bits per heavy atom. The van der Waals surface area contributed by atoms with E-state index < -0.39 is 0 Å². The number of guanidine groups is 1. The number of hydrogen-bond acceptors (Lipinski definition) is 3. The van der Waals surface area contributed by atoms with Gasteiger partial charge < -0.3 is 15.0 Å². The van der Waals surface area contributed by atoms with Crippen molar-refractivity contribution in [1.29, 1.82) is 0 Å². The second-order valence-corrected chi connectivity index (χ2v) is 6.35. The maximum absolute atomic E-state index is 5.48. The maximum atomic E-state index is 5.48. The Morgan fingerprint density at radius 3 is 2.38 bits per heavy atom. The lowest BCUT2D eigenvalue weighted by Crippen LogP contribution is -2.48. The van der Waals surface area contributed by atoms with E-state index in [-0.39, 0.29) is 0 Å². The van der Waals surface area contributed by atoms with Gasteiger partial charge in [0.05, 0.1) is 19.8 Å². The number of likely N-dealkylation sites (tertiary alicyclic amines) is 1. The zero-order valence-corrected chi connectivity index (χ0v) is 14.0. The fourth-order valence-electron chi connectivity index (χ4n) is 3.19. The summed E-state index contributed by atoms with van der Waals surface area (Å²) >= 11 is 0. The van der Waals surface area contributed by atoms with E-state index in [0.29, 0.717) is 12.0 Å². The molecule has 2 aliphatic rings. The van der Waals surface area contributed by atoms with Crippen molar-refractivity contribution in [2.45, 2.75) is 39.7 Å². The van der Waals surface area contributed by atoms with Crippen LogP contribution in [0.15, 0.2) is 4.99 Å². The SMILES string of the molecule is CCNC(=NCC(C(C)C)N1CCOCC1)N1CCCC1. The normalized spacial score (nSPS) is 22.9. The van der Waals surface area contributed by atoms with Crippen LogP contribution in [-0.2, 0) is 4.74 Å². The molecule has 2 heterocycles. The molecule has 2 rings (SSSR count). The highest BCUT2D eigenvalue weighted by molar-refractivity contribution is 5.80. The molecule has 5 heteroatoms. The first kappa shape index (κ1) is 16.6. The summed E-state index contributed by atoms with van der Waals surface area (Å²) in [6, 6.07) is 0.519. The first-order chi connectivity index (χ1) is 10.2. The molecular weight excluding hydrogens is 264 g/mol. The topological polar surface area (TPSA) is 40.1 Å². The van der Waals surface area contributed by atoms with Crippen LogP contribution in [0.2, 0.25) is 0 Å². The van der Waals surface area contributed by atoms with Crippen LogP contribution in [-0.4, -0.2) is 74.3 Å². The third-order valence-corrected chi connectivity index (χ3v) is 4.45. The lowest BCUT2D eigenvalue weighted by Gasteiger charge is -2.36. The molecule has 2 fully saturated rings. The van der Waals surface area contributed by atoms with Gasteiger partial charge in [0.2, 0.25) is 0 Å². The van der Waals surface area contributed by atoms with Crippen molar-refractivity contribution in [3.8, 4) is 0 Å². The number of nitrogens with one attached hydrogen (secondary N) is 1. The Hall–Kier alpha value is -0.810. The van der Waals surface area contributed by atoms with Crippen LogP contribution in [0.5, 0.6) is 0 Å². The molecule has 0 radical (unpaired) electrons. The Balaban J connectivity index is 1.97. The van der Waals surface area contributed by atoms with Crippen LogP contribution in [0.25, 0.3) is 0 Å². The molecule has 0 bridgehead atoms. The molecule has 0 aromatic rings. The van der Waals surface area contributed by atoms with Crippen LogP contribution in [0.3, 0.4) is 0 Å². The minimum Gasteiger partial charge on any atom is -0.379 e. The molecule has 0 saturated carbocycles. The zero-order valence-electron chi connectivity index (χ0n) is 14.0. The summed E-state index contributed by atoms with van der Waals surface area (Å²) in [4.78, 5) is 9.89. The molecule has 1 unspecified atom stereocenters. The molecule has 0 spiro atoms. The molecule has 0 amide bonds. The van der Waals surface area contributed by atoms with Gasteiger partial charge >= 0.3 is 0 Å². The van der Waals surface area contributed by atoms with Crippen LogP contribution in [0.1, 0.15) is 33.6 Å². The van der Waals surface area contributed by atoms with Crippen molar-refractivity contribution in [1.82, 2.24) is 15.1 Å². The number of morpholine rings is 1. The summed E-state index contributed by atoms with van der Waals surface area (Å²) in [6.45, 7) is 14.7. The highest BCUT2D eigenvalue weighted by atomic mass is 16.5. The van der Waals surface area contributed by atoms with Crippen molar-refractivity contribution in [3.05, 3.63) is 0 Å². The number of nitrogens with zero attached hydrogens (tertiary/aromatic N) is 3. The van der Waals surface area contributed by atoms with E-state index in [4.69, 9.17) is 9.73 Å². The summed E-state index contributed by atoms with van der Waals surface area (Å²) in [7, 11) is 0. The summed E-state index contributed by atoms with van der Waals surface area (Å²) in [5.41, 5.74) is 0. The molecule has 0 aliphatic carbocycles. The zero-order chi connectivity index (χ0) is 15.1. The second kappa shape index (κ2) is 8.59. The van der Waals surface area contributed by atoms with Gasteiger partial charge in [-0.1, -0.05) is 13.8 Å². The van der Waals surface area contributed by atoms with Crippen molar-refractivity contribution < 1.29 is 4.74 Å². The predicted octanol–water partition coefficient (Wildman–Crippen LogP) is 1.40. The van der Waals surface area contributed by atoms with E-state index in [1.165, 1.54) is 12.8 Å². The Morgan fingerprint density at radius 1 is 1.14 bits per heavy atom. The highest BCUT2D eigenvalue weighted by Gasteiger charge is 2.24. The molecule has 0 aromatic heterocycles. The van der Waals surface area contributed by atoms with Gasteiger partial charge in [0, 0.05) is 38.8 Å². The van der Waals surface area contributed by atoms with E-state index in [1.807, 2.05) is 0 Å². The minimum absolute atomic E-state index is 0.519. The van der Waals surface area contributed by atoms with Crippen molar-refractivity contribution in [3.63, 3.8) is 0 Å². The molecule has 5 nitrogen and oxygen atoms in total. The smallest absolute Gasteiger partial charge is 0.193 e. The van der Waals surface area contributed by atoms with Gasteiger partial charge in [0.15, 0.2) is 5.96 Å². The lowest BCUT2D eigenvalue weighted by atomic mass is 10.0. The molecule has 1 N–H and O–H groups in total. The van der Waals surface area contributed by atoms with Crippen LogP contribution < -0.4 is 5.32 Å². The van der Waals surface area contributed by atoms with Crippen LogP contribution in [0.4, 0.5) is 0 Å². The minimum atomic E-state index is 0.519. The molecule has 21 heavy (non-hydrogen) atoms. The number of rotatable bonds is 5. The molecule has 0 aromatic carbocycles. The number of ether oxygens (including phenoxy) is 1. The highest BCUT2D eigenvalue weighted by Crippen LogP contribution is 2.14. The Kier molecular flexibility index (Phi) is 6.77. The first-order valence-corrected chi connectivity index (χ1v) is 8.57. The molecular formula is C16H32N4O. The average molecular weight is 296 g/mol. The van der Waals surface area contributed by atoms with E-state index in [9.17, 15) is 0 Å². The van der Waals surface area contributed by atoms with Crippen molar-refractivity contribution in [2.24, 2.45) is 10.9 Å².